The molecule has 0 spiro atoms. The van der Waals surface area contributed by atoms with Crippen molar-refractivity contribution in [3.05, 3.63) is 24.3 Å². The van der Waals surface area contributed by atoms with Crippen LogP contribution in [-0.2, 0) is 19.1 Å². The number of hydrogen-bond acceptors (Lipinski definition) is 4. The smallest absolute Gasteiger partial charge is 0.306 e. The Balaban J connectivity index is 2.05. The van der Waals surface area contributed by atoms with Crippen molar-refractivity contribution in [1.82, 2.24) is 0 Å². The van der Waals surface area contributed by atoms with E-state index in [0.29, 0.717) is 23.7 Å². The van der Waals surface area contributed by atoms with E-state index in [1.165, 1.54) is 11.8 Å². The van der Waals surface area contributed by atoms with E-state index in [4.69, 9.17) is 4.74 Å². The van der Waals surface area contributed by atoms with E-state index in [-0.39, 0.29) is 18.9 Å². The van der Waals surface area contributed by atoms with Crippen LogP contribution >= 0.6 is 0 Å². The molecule has 1 aliphatic heterocycles. The zero-order valence-electron chi connectivity index (χ0n) is 13.7. The predicted octanol–water partition coefficient (Wildman–Crippen LogP) is 2.34. The van der Waals surface area contributed by atoms with E-state index in [0.717, 1.165) is 0 Å². The lowest BCUT2D eigenvalue weighted by atomic mass is 10.1. The van der Waals surface area contributed by atoms with Gasteiger partial charge in [0.2, 0.25) is 5.91 Å². The molecule has 0 unspecified atom stereocenters. The number of nitrogens with one attached hydrogen (secondary N) is 1. The molecule has 0 bridgehead atoms. The van der Waals surface area contributed by atoms with Gasteiger partial charge in [-0.1, -0.05) is 26.0 Å². The highest BCUT2D eigenvalue weighted by molar-refractivity contribution is 6.11. The Labute approximate surface area is 135 Å². The minimum Gasteiger partial charge on any atom is -0.453 e. The van der Waals surface area contributed by atoms with Crippen LogP contribution in [0.4, 0.5) is 11.4 Å². The molecule has 0 aliphatic carbocycles. The third kappa shape index (κ3) is 4.31. The van der Waals surface area contributed by atoms with Crippen molar-refractivity contribution in [3.63, 3.8) is 0 Å². The molecule has 0 fully saturated rings. The minimum absolute atomic E-state index is 0.0796. The van der Waals surface area contributed by atoms with Gasteiger partial charge in [0, 0.05) is 6.42 Å². The van der Waals surface area contributed by atoms with Crippen LogP contribution in [0, 0.1) is 5.92 Å². The molecule has 124 valence electrons. The second kappa shape index (κ2) is 7.26. The molecule has 2 amide bonds. The maximum atomic E-state index is 12.5. The van der Waals surface area contributed by atoms with Crippen molar-refractivity contribution in [2.45, 2.75) is 39.7 Å². The van der Waals surface area contributed by atoms with Crippen molar-refractivity contribution in [1.29, 1.82) is 0 Å². The number of hydrogen-bond donors (Lipinski definition) is 1. The number of anilines is 2. The van der Waals surface area contributed by atoms with Gasteiger partial charge in [0.1, 0.15) is 6.54 Å². The summed E-state index contributed by atoms with van der Waals surface area (Å²) in [6, 6.07) is 7.05. The van der Waals surface area contributed by atoms with Gasteiger partial charge in [0.25, 0.3) is 5.91 Å². The van der Waals surface area contributed by atoms with Gasteiger partial charge in [0.05, 0.1) is 11.4 Å². The molecule has 1 aliphatic rings. The number of amides is 2. The Hall–Kier alpha value is -2.37. The number of carbonyl (C=O) groups is 3. The van der Waals surface area contributed by atoms with Crippen LogP contribution in [0.25, 0.3) is 0 Å². The van der Waals surface area contributed by atoms with Gasteiger partial charge in [-0.05, 0) is 31.4 Å². The van der Waals surface area contributed by atoms with Crippen molar-refractivity contribution >= 4 is 29.2 Å². The second-order valence-electron chi connectivity index (χ2n) is 6.05. The molecule has 6 nitrogen and oxygen atoms in total. The number of benzene rings is 1. The minimum atomic E-state index is -0.923. The molecule has 0 radical (unpaired) electrons. The van der Waals surface area contributed by atoms with E-state index < -0.39 is 18.0 Å². The van der Waals surface area contributed by atoms with Crippen LogP contribution in [-0.4, -0.2) is 30.4 Å². The van der Waals surface area contributed by atoms with Gasteiger partial charge < -0.3 is 10.1 Å². The molecule has 0 saturated heterocycles. The van der Waals surface area contributed by atoms with E-state index in [9.17, 15) is 14.4 Å². The maximum Gasteiger partial charge on any atom is 0.306 e. The summed E-state index contributed by atoms with van der Waals surface area (Å²) < 4.78 is 5.20. The normalized spacial score (nSPS) is 15.0. The number of fused-ring (bicyclic) bond motifs is 1. The molecule has 23 heavy (non-hydrogen) atoms. The molecular formula is C17H22N2O4. The van der Waals surface area contributed by atoms with Crippen LogP contribution in [0.1, 0.15) is 33.6 Å². The highest BCUT2D eigenvalue weighted by Crippen LogP contribution is 2.29. The molecule has 1 atom stereocenters. The fourth-order valence-electron chi connectivity index (χ4n) is 2.36. The summed E-state index contributed by atoms with van der Waals surface area (Å²) in [5, 5.41) is 2.72. The zero-order chi connectivity index (χ0) is 17.0. The molecule has 0 saturated carbocycles. The summed E-state index contributed by atoms with van der Waals surface area (Å²) in [5.74, 6) is -0.666. The fourth-order valence-corrected chi connectivity index (χ4v) is 2.36. The van der Waals surface area contributed by atoms with Gasteiger partial charge >= 0.3 is 5.97 Å². The van der Waals surface area contributed by atoms with Gasteiger partial charge in [-0.15, -0.1) is 0 Å². The quantitative estimate of drug-likeness (QED) is 0.846. The summed E-state index contributed by atoms with van der Waals surface area (Å²) in [6.45, 7) is 5.49. The monoisotopic (exact) mass is 318 g/mol. The van der Waals surface area contributed by atoms with Gasteiger partial charge in [-0.25, -0.2) is 0 Å². The van der Waals surface area contributed by atoms with Gasteiger partial charge in [-0.2, -0.15) is 0 Å². The zero-order valence-corrected chi connectivity index (χ0v) is 13.7. The molecular weight excluding hydrogens is 296 g/mol. The summed E-state index contributed by atoms with van der Waals surface area (Å²) in [5.41, 5.74) is 1.19. The third-order valence-corrected chi connectivity index (χ3v) is 3.62. The second-order valence-corrected chi connectivity index (χ2v) is 6.05. The summed E-state index contributed by atoms with van der Waals surface area (Å²) in [7, 11) is 0. The van der Waals surface area contributed by atoms with Crippen LogP contribution in [0.3, 0.4) is 0 Å². The number of nitrogens with zero attached hydrogens (tertiary/aromatic N) is 1. The lowest BCUT2D eigenvalue weighted by Crippen LogP contribution is -2.47. The number of rotatable bonds is 5. The highest BCUT2D eigenvalue weighted by Gasteiger charge is 2.31. The predicted molar refractivity (Wildman–Crippen MR) is 87.1 cm³/mol. The van der Waals surface area contributed by atoms with Crippen LogP contribution in [0.2, 0.25) is 0 Å². The molecule has 0 aromatic heterocycles. The molecule has 1 heterocycles. The Morgan fingerprint density at radius 1 is 1.26 bits per heavy atom. The first-order chi connectivity index (χ1) is 10.9. The Kier molecular flexibility index (Phi) is 5.36. The Morgan fingerprint density at radius 2 is 1.96 bits per heavy atom. The van der Waals surface area contributed by atoms with Crippen LogP contribution in [0.15, 0.2) is 24.3 Å². The number of esters is 1. The van der Waals surface area contributed by atoms with Crippen molar-refractivity contribution in [2.24, 2.45) is 5.92 Å². The summed E-state index contributed by atoms with van der Waals surface area (Å²) >= 11 is 0. The third-order valence-electron chi connectivity index (χ3n) is 3.62. The number of para-hydroxylation sites is 2. The fraction of sp³-hybridized carbons (Fsp3) is 0.471. The average Bonchev–Trinajstić information content (AvgIpc) is 2.51. The lowest BCUT2D eigenvalue weighted by Gasteiger charge is -2.30. The van der Waals surface area contributed by atoms with E-state index in [1.54, 1.807) is 24.3 Å². The Bertz CT molecular complexity index is 612. The topological polar surface area (TPSA) is 75.7 Å². The van der Waals surface area contributed by atoms with Crippen LogP contribution < -0.4 is 10.2 Å². The lowest BCUT2D eigenvalue weighted by molar-refractivity contribution is -0.154. The average molecular weight is 318 g/mol. The van der Waals surface area contributed by atoms with E-state index in [2.05, 4.69) is 5.32 Å². The molecule has 1 aromatic rings. The molecule has 1 N–H and O–H groups in total. The molecule has 2 rings (SSSR count). The standard InChI is InChI=1S/C17H22N2O4/c1-11(2)8-9-16(21)23-12(3)17(22)19-10-15(20)18-13-6-4-5-7-14(13)19/h4-7,11-12H,8-10H2,1-3H3,(H,18,20)/t12-/m0/s1. The first-order valence-corrected chi connectivity index (χ1v) is 7.78. The van der Waals surface area contributed by atoms with Gasteiger partial charge in [0.15, 0.2) is 6.10 Å². The summed E-state index contributed by atoms with van der Waals surface area (Å²) in [6.07, 6.45) is 0.0785. The van der Waals surface area contributed by atoms with Crippen molar-refractivity contribution in [2.75, 3.05) is 16.8 Å². The SMILES string of the molecule is CC(C)CCC(=O)O[C@@H](C)C(=O)N1CC(=O)Nc2ccccc21. The van der Waals surface area contributed by atoms with Crippen molar-refractivity contribution in [3.8, 4) is 0 Å². The maximum absolute atomic E-state index is 12.5. The van der Waals surface area contributed by atoms with Crippen molar-refractivity contribution < 1.29 is 19.1 Å². The summed E-state index contributed by atoms with van der Waals surface area (Å²) in [4.78, 5) is 37.4. The van der Waals surface area contributed by atoms with E-state index >= 15 is 0 Å². The first kappa shape index (κ1) is 17.0. The largest absolute Gasteiger partial charge is 0.453 e. The highest BCUT2D eigenvalue weighted by atomic mass is 16.5. The van der Waals surface area contributed by atoms with E-state index in [1.807, 2.05) is 13.8 Å². The van der Waals surface area contributed by atoms with Crippen LogP contribution in [0.5, 0.6) is 0 Å². The first-order valence-electron chi connectivity index (χ1n) is 7.78. The number of carbonyl (C=O) groups excluding carboxylic acids is 3. The molecule has 1 aromatic carbocycles. The number of ether oxygens (including phenoxy) is 1. The van der Waals surface area contributed by atoms with Gasteiger partial charge in [-0.3, -0.25) is 19.3 Å². The molecule has 6 heteroatoms. The Morgan fingerprint density at radius 3 is 2.65 bits per heavy atom.